The van der Waals surface area contributed by atoms with Gasteiger partial charge in [0.25, 0.3) is 0 Å². The number of hydrogen-bond acceptors (Lipinski definition) is 7. The van der Waals surface area contributed by atoms with E-state index in [1.54, 1.807) is 44.9 Å². The number of piperazine rings is 1. The number of nitrogens with zero attached hydrogens (tertiary/aromatic N) is 5. The van der Waals surface area contributed by atoms with Gasteiger partial charge in [0, 0.05) is 26.2 Å². The number of rotatable bonds is 2. The van der Waals surface area contributed by atoms with Crippen molar-refractivity contribution >= 4 is 34.5 Å². The molecule has 1 amide bonds. The molecule has 2 aromatic rings. The minimum Gasteiger partial charge on any atom is -0.444 e. The van der Waals surface area contributed by atoms with Gasteiger partial charge in [-0.3, -0.25) is 4.57 Å². The Balaban J connectivity index is 2.00. The third-order valence-electron chi connectivity index (χ3n) is 4.85. The first-order chi connectivity index (χ1) is 13.5. The Morgan fingerprint density at radius 2 is 2.00 bits per heavy atom. The predicted molar refractivity (Wildman–Crippen MR) is 110 cm³/mol. The van der Waals surface area contributed by atoms with Gasteiger partial charge in [-0.05, 0) is 39.8 Å². The number of anilines is 1. The zero-order valence-electron chi connectivity index (χ0n) is 17.2. The van der Waals surface area contributed by atoms with Gasteiger partial charge in [-0.1, -0.05) is 11.6 Å². The van der Waals surface area contributed by atoms with E-state index in [1.807, 2.05) is 11.8 Å². The lowest BCUT2D eigenvalue weighted by Crippen LogP contribution is -2.61. The second-order valence-corrected chi connectivity index (χ2v) is 8.64. The number of aliphatic hydroxyl groups excluding tert-OH is 1. The molecule has 1 aliphatic rings. The molecule has 1 N–H and O–H groups in total. The molecule has 0 aliphatic carbocycles. The quantitative estimate of drug-likeness (QED) is 0.735. The molecule has 2 aromatic heterocycles. The summed E-state index contributed by atoms with van der Waals surface area (Å²) in [4.78, 5) is 37.0. The zero-order chi connectivity index (χ0) is 21.5. The van der Waals surface area contributed by atoms with E-state index in [1.165, 1.54) is 4.57 Å². The molecule has 10 heteroatoms. The van der Waals surface area contributed by atoms with Crippen molar-refractivity contribution in [1.29, 1.82) is 0 Å². The second-order valence-electron chi connectivity index (χ2n) is 8.25. The SMILES string of the molecule is CC1CN(c2nc(=O)n(C)c3ccc(Cl)nc23)C(CO)CN1C(=O)OC(C)(C)C. The van der Waals surface area contributed by atoms with E-state index in [0.717, 1.165) is 0 Å². The second kappa shape index (κ2) is 7.79. The largest absolute Gasteiger partial charge is 0.444 e. The van der Waals surface area contributed by atoms with Gasteiger partial charge in [0.1, 0.15) is 16.3 Å². The normalized spacial score (nSPS) is 20.2. The highest BCUT2D eigenvalue weighted by molar-refractivity contribution is 6.29. The van der Waals surface area contributed by atoms with Crippen molar-refractivity contribution in [3.05, 3.63) is 27.8 Å². The number of halogens is 1. The van der Waals surface area contributed by atoms with Gasteiger partial charge < -0.3 is 19.6 Å². The van der Waals surface area contributed by atoms with E-state index in [4.69, 9.17) is 16.3 Å². The van der Waals surface area contributed by atoms with Crippen LogP contribution in [0.1, 0.15) is 27.7 Å². The first-order valence-corrected chi connectivity index (χ1v) is 9.80. The monoisotopic (exact) mass is 423 g/mol. The molecule has 158 valence electrons. The number of amides is 1. The Hall–Kier alpha value is -2.39. The van der Waals surface area contributed by atoms with Crippen molar-refractivity contribution in [2.75, 3.05) is 24.6 Å². The van der Waals surface area contributed by atoms with Crippen molar-refractivity contribution in [2.24, 2.45) is 7.05 Å². The molecule has 1 fully saturated rings. The van der Waals surface area contributed by atoms with Gasteiger partial charge in [-0.2, -0.15) is 4.98 Å². The highest BCUT2D eigenvalue weighted by atomic mass is 35.5. The molecule has 1 saturated heterocycles. The van der Waals surface area contributed by atoms with E-state index in [9.17, 15) is 14.7 Å². The van der Waals surface area contributed by atoms with Gasteiger partial charge in [0.15, 0.2) is 5.82 Å². The number of aliphatic hydroxyl groups is 1. The summed E-state index contributed by atoms with van der Waals surface area (Å²) < 4.78 is 6.89. The summed E-state index contributed by atoms with van der Waals surface area (Å²) in [6, 6.07) is 2.63. The number of aromatic nitrogens is 3. The lowest BCUT2D eigenvalue weighted by atomic mass is 10.1. The summed E-state index contributed by atoms with van der Waals surface area (Å²) in [5, 5.41) is 10.3. The van der Waals surface area contributed by atoms with Crippen LogP contribution in [0.4, 0.5) is 10.6 Å². The number of pyridine rings is 1. The summed E-state index contributed by atoms with van der Waals surface area (Å²) >= 11 is 6.08. The molecular weight excluding hydrogens is 398 g/mol. The number of ether oxygens (including phenoxy) is 1. The lowest BCUT2D eigenvalue weighted by Gasteiger charge is -2.45. The highest BCUT2D eigenvalue weighted by Crippen LogP contribution is 2.28. The van der Waals surface area contributed by atoms with E-state index >= 15 is 0 Å². The van der Waals surface area contributed by atoms with Crippen molar-refractivity contribution in [3.63, 3.8) is 0 Å². The van der Waals surface area contributed by atoms with Crippen LogP contribution in [-0.4, -0.2) is 68.0 Å². The Morgan fingerprint density at radius 1 is 1.31 bits per heavy atom. The van der Waals surface area contributed by atoms with Crippen LogP contribution in [0.5, 0.6) is 0 Å². The number of hydrogen-bond donors (Lipinski definition) is 1. The predicted octanol–water partition coefficient (Wildman–Crippen LogP) is 1.79. The first-order valence-electron chi connectivity index (χ1n) is 9.42. The Bertz CT molecular complexity index is 987. The molecule has 0 aromatic carbocycles. The summed E-state index contributed by atoms with van der Waals surface area (Å²) in [5.41, 5.74) is 0.00187. The molecule has 2 unspecified atom stereocenters. The van der Waals surface area contributed by atoms with Crippen LogP contribution in [-0.2, 0) is 11.8 Å². The first kappa shape index (κ1) is 21.3. The molecule has 2 atom stereocenters. The molecule has 0 bridgehead atoms. The van der Waals surface area contributed by atoms with Crippen molar-refractivity contribution in [2.45, 2.75) is 45.4 Å². The molecule has 0 radical (unpaired) electrons. The fourth-order valence-corrected chi connectivity index (χ4v) is 3.56. The highest BCUT2D eigenvalue weighted by Gasteiger charge is 2.37. The van der Waals surface area contributed by atoms with Crippen molar-refractivity contribution < 1.29 is 14.6 Å². The van der Waals surface area contributed by atoms with E-state index < -0.39 is 23.4 Å². The van der Waals surface area contributed by atoms with Crippen LogP contribution in [0, 0.1) is 0 Å². The number of carbonyl (C=O) groups is 1. The topological polar surface area (TPSA) is 101 Å². The molecule has 9 nitrogen and oxygen atoms in total. The molecule has 29 heavy (non-hydrogen) atoms. The van der Waals surface area contributed by atoms with Gasteiger partial charge in [-0.15, -0.1) is 0 Å². The van der Waals surface area contributed by atoms with Crippen molar-refractivity contribution in [3.8, 4) is 0 Å². The molecule has 3 rings (SSSR count). The Morgan fingerprint density at radius 3 is 2.62 bits per heavy atom. The van der Waals surface area contributed by atoms with Gasteiger partial charge in [-0.25, -0.2) is 14.6 Å². The zero-order valence-corrected chi connectivity index (χ0v) is 18.0. The molecule has 1 aliphatic heterocycles. The van der Waals surface area contributed by atoms with Crippen molar-refractivity contribution in [1.82, 2.24) is 19.4 Å². The minimum absolute atomic E-state index is 0.228. The van der Waals surface area contributed by atoms with Gasteiger partial charge in [0.05, 0.1) is 18.2 Å². The standard InChI is InChI=1S/C19H26ClN5O4/c1-11-8-25(12(10-26)9-24(11)18(28)29-19(2,3)4)16-15-13(6-7-14(20)21-15)23(5)17(27)22-16/h6-7,11-12,26H,8-10H2,1-5H3. The van der Waals surface area contributed by atoms with Crippen LogP contribution >= 0.6 is 11.6 Å². The Labute approximate surface area is 173 Å². The van der Waals surface area contributed by atoms with E-state index in [0.29, 0.717) is 23.4 Å². The van der Waals surface area contributed by atoms with Crippen LogP contribution < -0.4 is 10.6 Å². The van der Waals surface area contributed by atoms with E-state index in [-0.39, 0.29) is 24.3 Å². The average molecular weight is 424 g/mol. The smallest absolute Gasteiger partial charge is 0.410 e. The maximum atomic E-state index is 12.6. The summed E-state index contributed by atoms with van der Waals surface area (Å²) in [6.45, 7) is 7.65. The molecule has 0 spiro atoms. The van der Waals surface area contributed by atoms with E-state index in [2.05, 4.69) is 9.97 Å². The Kier molecular flexibility index (Phi) is 5.73. The third kappa shape index (κ3) is 4.30. The number of carbonyl (C=O) groups excluding carboxylic acids is 1. The van der Waals surface area contributed by atoms with Gasteiger partial charge >= 0.3 is 11.8 Å². The average Bonchev–Trinajstić information content (AvgIpc) is 2.62. The van der Waals surface area contributed by atoms with Crippen LogP contribution in [0.3, 0.4) is 0 Å². The van der Waals surface area contributed by atoms with Gasteiger partial charge in [0.2, 0.25) is 0 Å². The fourth-order valence-electron chi connectivity index (χ4n) is 3.41. The molecular formula is C19H26ClN5O4. The van der Waals surface area contributed by atoms with Crippen LogP contribution in [0.25, 0.3) is 11.0 Å². The third-order valence-corrected chi connectivity index (χ3v) is 5.06. The van der Waals surface area contributed by atoms with Crippen LogP contribution in [0.15, 0.2) is 16.9 Å². The summed E-state index contributed by atoms with van der Waals surface area (Å²) in [7, 11) is 1.61. The fraction of sp³-hybridized carbons (Fsp3) is 0.579. The maximum absolute atomic E-state index is 12.6. The number of aryl methyl sites for hydroxylation is 1. The van der Waals surface area contributed by atoms with Crippen LogP contribution in [0.2, 0.25) is 5.15 Å². The minimum atomic E-state index is -0.618. The lowest BCUT2D eigenvalue weighted by molar-refractivity contribution is 0.0103. The summed E-state index contributed by atoms with van der Waals surface area (Å²) in [5.74, 6) is 0.348. The number of fused-ring (bicyclic) bond motifs is 1. The molecule has 0 saturated carbocycles. The summed E-state index contributed by atoms with van der Waals surface area (Å²) in [6.07, 6.45) is -0.439. The molecule has 3 heterocycles. The maximum Gasteiger partial charge on any atom is 0.410 e.